The molecule has 0 aliphatic heterocycles. The molecule has 0 aromatic carbocycles. The minimum absolute atomic E-state index is 0.123. The number of aliphatic hydroxyl groups is 1. The molecule has 1 aromatic rings. The SMILES string of the molecule is CCC(CCO)Nc1nc(NN)nc(N(CC)CC)n1. The van der Waals surface area contributed by atoms with Crippen molar-refractivity contribution < 1.29 is 5.11 Å². The Bertz CT molecular complexity index is 397. The predicted molar refractivity (Wildman–Crippen MR) is 80.6 cm³/mol. The van der Waals surface area contributed by atoms with Crippen LogP contribution in [0, 0.1) is 0 Å². The molecule has 0 bridgehead atoms. The molecule has 1 aromatic heterocycles. The van der Waals surface area contributed by atoms with E-state index in [1.54, 1.807) is 0 Å². The molecule has 8 nitrogen and oxygen atoms in total. The molecule has 8 heteroatoms. The molecule has 20 heavy (non-hydrogen) atoms. The van der Waals surface area contributed by atoms with Gasteiger partial charge in [-0.25, -0.2) is 5.84 Å². The molecule has 1 atom stereocenters. The fourth-order valence-corrected chi connectivity index (χ4v) is 1.86. The van der Waals surface area contributed by atoms with E-state index in [2.05, 4.69) is 25.7 Å². The Morgan fingerprint density at radius 1 is 1.15 bits per heavy atom. The van der Waals surface area contributed by atoms with Gasteiger partial charge in [0.25, 0.3) is 0 Å². The number of nitrogens with zero attached hydrogens (tertiary/aromatic N) is 4. The Hall–Kier alpha value is -1.67. The Morgan fingerprint density at radius 2 is 1.80 bits per heavy atom. The number of nitrogen functional groups attached to an aromatic ring is 1. The van der Waals surface area contributed by atoms with Crippen LogP contribution in [0.2, 0.25) is 0 Å². The van der Waals surface area contributed by atoms with E-state index in [0.717, 1.165) is 19.5 Å². The van der Waals surface area contributed by atoms with E-state index in [0.29, 0.717) is 24.3 Å². The van der Waals surface area contributed by atoms with Crippen molar-refractivity contribution in [2.24, 2.45) is 5.84 Å². The average molecular weight is 283 g/mol. The molecular weight excluding hydrogens is 258 g/mol. The van der Waals surface area contributed by atoms with E-state index >= 15 is 0 Å². The van der Waals surface area contributed by atoms with Crippen LogP contribution in [0.25, 0.3) is 0 Å². The second-order valence-corrected chi connectivity index (χ2v) is 4.36. The summed E-state index contributed by atoms with van der Waals surface area (Å²) in [6.45, 7) is 7.85. The molecule has 1 unspecified atom stereocenters. The number of hydrogen-bond acceptors (Lipinski definition) is 8. The second-order valence-electron chi connectivity index (χ2n) is 4.36. The molecular formula is C12H25N7O. The van der Waals surface area contributed by atoms with Gasteiger partial charge in [0.2, 0.25) is 17.8 Å². The average Bonchev–Trinajstić information content (AvgIpc) is 2.47. The van der Waals surface area contributed by atoms with Crippen LogP contribution in [0.1, 0.15) is 33.6 Å². The zero-order valence-electron chi connectivity index (χ0n) is 12.4. The van der Waals surface area contributed by atoms with Crippen molar-refractivity contribution in [3.63, 3.8) is 0 Å². The largest absolute Gasteiger partial charge is 0.396 e. The highest BCUT2D eigenvalue weighted by atomic mass is 16.3. The maximum absolute atomic E-state index is 9.03. The van der Waals surface area contributed by atoms with Crippen LogP contribution in [0.4, 0.5) is 17.8 Å². The van der Waals surface area contributed by atoms with Crippen LogP contribution in [0.5, 0.6) is 0 Å². The summed E-state index contributed by atoms with van der Waals surface area (Å²) in [7, 11) is 0. The summed E-state index contributed by atoms with van der Waals surface area (Å²) in [5, 5.41) is 12.2. The number of aliphatic hydroxyl groups excluding tert-OH is 1. The molecule has 0 spiro atoms. The Morgan fingerprint density at radius 3 is 2.30 bits per heavy atom. The minimum Gasteiger partial charge on any atom is -0.396 e. The van der Waals surface area contributed by atoms with Crippen LogP contribution in [-0.4, -0.2) is 45.8 Å². The molecule has 5 N–H and O–H groups in total. The third kappa shape index (κ3) is 4.46. The number of nitrogens with two attached hydrogens (primary N) is 1. The van der Waals surface area contributed by atoms with Crippen molar-refractivity contribution in [2.45, 2.75) is 39.7 Å². The zero-order chi connectivity index (χ0) is 15.0. The lowest BCUT2D eigenvalue weighted by atomic mass is 10.2. The van der Waals surface area contributed by atoms with Crippen LogP contribution < -0.4 is 21.5 Å². The van der Waals surface area contributed by atoms with Crippen molar-refractivity contribution >= 4 is 17.8 Å². The van der Waals surface area contributed by atoms with Crippen molar-refractivity contribution in [1.82, 2.24) is 15.0 Å². The summed E-state index contributed by atoms with van der Waals surface area (Å²) in [5.74, 6) is 6.78. The number of aromatic nitrogens is 3. The molecule has 0 saturated carbocycles. The van der Waals surface area contributed by atoms with E-state index in [1.165, 1.54) is 0 Å². The van der Waals surface area contributed by atoms with E-state index in [4.69, 9.17) is 10.9 Å². The van der Waals surface area contributed by atoms with Crippen molar-refractivity contribution in [3.8, 4) is 0 Å². The lowest BCUT2D eigenvalue weighted by Gasteiger charge is -2.21. The lowest BCUT2D eigenvalue weighted by molar-refractivity contribution is 0.278. The van der Waals surface area contributed by atoms with Crippen LogP contribution in [0.15, 0.2) is 0 Å². The van der Waals surface area contributed by atoms with E-state index in [-0.39, 0.29) is 12.6 Å². The number of nitrogens with one attached hydrogen (secondary N) is 2. The molecule has 0 fully saturated rings. The third-order valence-electron chi connectivity index (χ3n) is 3.10. The van der Waals surface area contributed by atoms with E-state index in [1.807, 2.05) is 25.7 Å². The topological polar surface area (TPSA) is 112 Å². The second kappa shape index (κ2) is 8.49. The molecule has 0 radical (unpaired) electrons. The van der Waals surface area contributed by atoms with Crippen molar-refractivity contribution in [2.75, 3.05) is 35.3 Å². The smallest absolute Gasteiger partial charge is 0.243 e. The summed E-state index contributed by atoms with van der Waals surface area (Å²) in [5.41, 5.74) is 2.46. The number of anilines is 3. The maximum atomic E-state index is 9.03. The third-order valence-corrected chi connectivity index (χ3v) is 3.10. The van der Waals surface area contributed by atoms with Crippen LogP contribution in [0.3, 0.4) is 0 Å². The molecule has 114 valence electrons. The first-order valence-electron chi connectivity index (χ1n) is 7.03. The number of hydrogen-bond donors (Lipinski definition) is 4. The van der Waals surface area contributed by atoms with Crippen LogP contribution >= 0.6 is 0 Å². The maximum Gasteiger partial charge on any atom is 0.243 e. The fraction of sp³-hybridized carbons (Fsp3) is 0.750. The normalized spacial score (nSPS) is 12.1. The predicted octanol–water partition coefficient (Wildman–Crippen LogP) is 0.576. The van der Waals surface area contributed by atoms with Gasteiger partial charge in [-0.3, -0.25) is 5.43 Å². The molecule has 0 saturated heterocycles. The lowest BCUT2D eigenvalue weighted by Crippen LogP contribution is -2.27. The van der Waals surface area contributed by atoms with Gasteiger partial charge in [0.05, 0.1) is 0 Å². The van der Waals surface area contributed by atoms with Gasteiger partial charge in [0.15, 0.2) is 0 Å². The number of rotatable bonds is 9. The summed E-state index contributed by atoms with van der Waals surface area (Å²) >= 11 is 0. The Balaban J connectivity index is 2.97. The molecule has 1 heterocycles. The van der Waals surface area contributed by atoms with E-state index < -0.39 is 0 Å². The highest BCUT2D eigenvalue weighted by molar-refractivity contribution is 5.43. The quantitative estimate of drug-likeness (QED) is 0.384. The zero-order valence-corrected chi connectivity index (χ0v) is 12.4. The summed E-state index contributed by atoms with van der Waals surface area (Å²) < 4.78 is 0. The highest BCUT2D eigenvalue weighted by Gasteiger charge is 2.13. The molecule has 0 aliphatic carbocycles. The number of hydrazine groups is 1. The first-order chi connectivity index (χ1) is 9.68. The Labute approximate surface area is 119 Å². The Kier molecular flexibility index (Phi) is 6.96. The summed E-state index contributed by atoms with van der Waals surface area (Å²) in [6.07, 6.45) is 1.52. The first kappa shape index (κ1) is 16.4. The van der Waals surface area contributed by atoms with Gasteiger partial charge in [0.1, 0.15) is 0 Å². The molecule has 0 aliphatic rings. The molecule has 1 rings (SSSR count). The molecule has 0 amide bonds. The van der Waals surface area contributed by atoms with Gasteiger partial charge < -0.3 is 15.3 Å². The fourth-order valence-electron chi connectivity index (χ4n) is 1.86. The standard InChI is InChI=1S/C12H25N7O/c1-4-9(7-8-20)14-10-15-11(18-13)17-12(16-10)19(5-2)6-3/h9,20H,4-8,13H2,1-3H3,(H2,14,15,16,17,18). The van der Waals surface area contributed by atoms with Crippen LogP contribution in [-0.2, 0) is 0 Å². The monoisotopic (exact) mass is 283 g/mol. The van der Waals surface area contributed by atoms with Gasteiger partial charge in [-0.05, 0) is 26.7 Å². The first-order valence-corrected chi connectivity index (χ1v) is 7.03. The van der Waals surface area contributed by atoms with Gasteiger partial charge >= 0.3 is 0 Å². The minimum atomic E-state index is 0.123. The summed E-state index contributed by atoms with van der Waals surface area (Å²) in [6, 6.07) is 0.123. The summed E-state index contributed by atoms with van der Waals surface area (Å²) in [4.78, 5) is 14.9. The van der Waals surface area contributed by atoms with Gasteiger partial charge in [-0.2, -0.15) is 15.0 Å². The van der Waals surface area contributed by atoms with Crippen molar-refractivity contribution in [3.05, 3.63) is 0 Å². The van der Waals surface area contributed by atoms with Gasteiger partial charge in [-0.1, -0.05) is 6.92 Å². The highest BCUT2D eigenvalue weighted by Crippen LogP contribution is 2.14. The van der Waals surface area contributed by atoms with Gasteiger partial charge in [0, 0.05) is 25.7 Å². The van der Waals surface area contributed by atoms with Crippen molar-refractivity contribution in [1.29, 1.82) is 0 Å². The van der Waals surface area contributed by atoms with Gasteiger partial charge in [-0.15, -0.1) is 0 Å². The van der Waals surface area contributed by atoms with E-state index in [9.17, 15) is 0 Å².